The van der Waals surface area contributed by atoms with E-state index in [0.29, 0.717) is 19.2 Å². The highest BCUT2D eigenvalue weighted by molar-refractivity contribution is 5.37. The van der Waals surface area contributed by atoms with Crippen LogP contribution in [0, 0.1) is 5.41 Å². The molecule has 0 bridgehead atoms. The highest BCUT2D eigenvalue weighted by Gasteiger charge is 2.56. The van der Waals surface area contributed by atoms with Crippen LogP contribution in [0.2, 0.25) is 0 Å². The Hall–Kier alpha value is -1.10. The number of hydrogen-bond acceptors (Lipinski definition) is 4. The molecule has 2 heterocycles. The molecule has 114 valence electrons. The Balaban J connectivity index is 1.62. The summed E-state index contributed by atoms with van der Waals surface area (Å²) in [5, 5.41) is 11.3. The number of benzene rings is 1. The lowest BCUT2D eigenvalue weighted by Crippen LogP contribution is -2.59. The zero-order valence-corrected chi connectivity index (χ0v) is 12.4. The van der Waals surface area contributed by atoms with Crippen molar-refractivity contribution in [3.05, 3.63) is 29.8 Å². The van der Waals surface area contributed by atoms with Crippen LogP contribution in [-0.2, 0) is 6.42 Å². The van der Waals surface area contributed by atoms with Gasteiger partial charge in [-0.25, -0.2) is 0 Å². The van der Waals surface area contributed by atoms with Crippen molar-refractivity contribution in [2.75, 3.05) is 26.2 Å². The van der Waals surface area contributed by atoms with E-state index in [1.807, 2.05) is 18.2 Å². The van der Waals surface area contributed by atoms with E-state index in [0.717, 1.165) is 31.7 Å². The summed E-state index contributed by atoms with van der Waals surface area (Å²) in [4.78, 5) is 2.44. The number of β-amino-alcohol motifs (C(OH)–C–C–N with tert-alkyl or cyclic N) is 1. The van der Waals surface area contributed by atoms with Crippen LogP contribution < -0.4 is 10.5 Å². The number of likely N-dealkylation sites (tertiary alicyclic amines) is 1. The number of para-hydroxylation sites is 1. The standard InChI is InChI=1S/C17H24N2O2/c18-10-16(9-13-3-1-2-4-15(13)21-12-16)17(20)7-8-19(11-17)14-5-6-14/h1-4,14,20H,5-12,18H2. The van der Waals surface area contributed by atoms with Crippen LogP contribution in [0.15, 0.2) is 24.3 Å². The minimum absolute atomic E-state index is 0.356. The van der Waals surface area contributed by atoms with Crippen LogP contribution in [0.3, 0.4) is 0 Å². The molecule has 0 amide bonds. The Bertz CT molecular complexity index is 545. The maximum Gasteiger partial charge on any atom is 0.122 e. The van der Waals surface area contributed by atoms with Gasteiger partial charge in [-0.15, -0.1) is 0 Å². The Labute approximate surface area is 125 Å². The normalized spacial score (nSPS) is 36.3. The molecular formula is C17H24N2O2. The molecule has 4 nitrogen and oxygen atoms in total. The van der Waals surface area contributed by atoms with E-state index in [1.165, 1.54) is 18.4 Å². The van der Waals surface area contributed by atoms with Gasteiger partial charge in [-0.2, -0.15) is 0 Å². The molecule has 1 saturated heterocycles. The number of hydrogen-bond donors (Lipinski definition) is 2. The summed E-state index contributed by atoms with van der Waals surface area (Å²) in [7, 11) is 0. The van der Waals surface area contributed by atoms with Gasteiger partial charge in [0.1, 0.15) is 5.75 Å². The summed E-state index contributed by atoms with van der Waals surface area (Å²) in [6.45, 7) is 2.73. The zero-order valence-electron chi connectivity index (χ0n) is 12.4. The molecule has 1 aromatic rings. The van der Waals surface area contributed by atoms with Crippen molar-refractivity contribution in [3.63, 3.8) is 0 Å². The molecule has 1 saturated carbocycles. The Kier molecular flexibility index (Phi) is 3.03. The van der Waals surface area contributed by atoms with E-state index in [1.54, 1.807) is 0 Å². The number of rotatable bonds is 3. The molecule has 3 aliphatic rings. The van der Waals surface area contributed by atoms with Gasteiger partial charge in [0.15, 0.2) is 0 Å². The fourth-order valence-corrected chi connectivity index (χ4v) is 4.05. The molecule has 0 aromatic heterocycles. The second kappa shape index (κ2) is 4.70. The largest absolute Gasteiger partial charge is 0.493 e. The first-order valence-electron chi connectivity index (χ1n) is 8.03. The van der Waals surface area contributed by atoms with Crippen molar-refractivity contribution >= 4 is 0 Å². The van der Waals surface area contributed by atoms with Gasteiger partial charge in [0.05, 0.1) is 17.6 Å². The molecule has 3 N–H and O–H groups in total. The first kappa shape index (κ1) is 13.6. The quantitative estimate of drug-likeness (QED) is 0.876. The second-order valence-electron chi connectivity index (χ2n) is 7.04. The summed E-state index contributed by atoms with van der Waals surface area (Å²) in [5.41, 5.74) is 6.23. The Morgan fingerprint density at radius 3 is 2.90 bits per heavy atom. The third kappa shape index (κ3) is 2.08. The molecule has 0 spiro atoms. The fourth-order valence-electron chi connectivity index (χ4n) is 4.05. The molecule has 4 rings (SSSR count). The number of aliphatic hydroxyl groups is 1. The topological polar surface area (TPSA) is 58.7 Å². The minimum atomic E-state index is -0.724. The van der Waals surface area contributed by atoms with Crippen LogP contribution in [0.1, 0.15) is 24.8 Å². The third-order valence-corrected chi connectivity index (χ3v) is 5.72. The third-order valence-electron chi connectivity index (χ3n) is 5.72. The monoisotopic (exact) mass is 288 g/mol. The smallest absolute Gasteiger partial charge is 0.122 e. The molecule has 2 aliphatic heterocycles. The fraction of sp³-hybridized carbons (Fsp3) is 0.647. The van der Waals surface area contributed by atoms with Gasteiger partial charge in [0.2, 0.25) is 0 Å². The highest BCUT2D eigenvalue weighted by Crippen LogP contribution is 2.47. The van der Waals surface area contributed by atoms with E-state index in [9.17, 15) is 5.11 Å². The van der Waals surface area contributed by atoms with Crippen molar-refractivity contribution in [2.24, 2.45) is 11.1 Å². The second-order valence-corrected chi connectivity index (χ2v) is 7.04. The molecule has 2 atom stereocenters. The van der Waals surface area contributed by atoms with Crippen molar-refractivity contribution in [1.29, 1.82) is 0 Å². The summed E-state index contributed by atoms with van der Waals surface area (Å²) in [5.74, 6) is 0.947. The van der Waals surface area contributed by atoms with Gasteiger partial charge in [-0.05, 0) is 37.3 Å². The predicted molar refractivity (Wildman–Crippen MR) is 81.3 cm³/mol. The molecular weight excluding hydrogens is 264 g/mol. The maximum absolute atomic E-state index is 11.3. The van der Waals surface area contributed by atoms with E-state index in [-0.39, 0.29) is 5.41 Å². The van der Waals surface area contributed by atoms with Gasteiger partial charge in [0, 0.05) is 25.7 Å². The van der Waals surface area contributed by atoms with Gasteiger partial charge in [-0.1, -0.05) is 18.2 Å². The maximum atomic E-state index is 11.3. The Morgan fingerprint density at radius 2 is 2.14 bits per heavy atom. The van der Waals surface area contributed by atoms with Crippen LogP contribution in [0.5, 0.6) is 5.75 Å². The van der Waals surface area contributed by atoms with Crippen molar-refractivity contribution in [2.45, 2.75) is 37.3 Å². The average molecular weight is 288 g/mol. The van der Waals surface area contributed by atoms with Crippen LogP contribution >= 0.6 is 0 Å². The van der Waals surface area contributed by atoms with Crippen molar-refractivity contribution in [1.82, 2.24) is 4.90 Å². The first-order chi connectivity index (χ1) is 10.2. The molecule has 2 unspecified atom stereocenters. The molecule has 4 heteroatoms. The van der Waals surface area contributed by atoms with Gasteiger partial charge in [-0.3, -0.25) is 4.90 Å². The SMILES string of the molecule is NCC1(C2(O)CCN(C3CC3)C2)COc2ccccc2C1. The number of nitrogens with two attached hydrogens (primary N) is 1. The number of fused-ring (bicyclic) bond motifs is 1. The van der Waals surface area contributed by atoms with E-state index in [4.69, 9.17) is 10.5 Å². The first-order valence-corrected chi connectivity index (χ1v) is 8.03. The molecule has 0 radical (unpaired) electrons. The van der Waals surface area contributed by atoms with E-state index < -0.39 is 5.60 Å². The van der Waals surface area contributed by atoms with Crippen molar-refractivity contribution in [3.8, 4) is 5.75 Å². The number of nitrogens with zero attached hydrogens (tertiary/aromatic N) is 1. The van der Waals surface area contributed by atoms with Gasteiger partial charge >= 0.3 is 0 Å². The average Bonchev–Trinajstić information content (AvgIpc) is 3.29. The van der Waals surface area contributed by atoms with Crippen LogP contribution in [0.4, 0.5) is 0 Å². The summed E-state index contributed by atoms with van der Waals surface area (Å²) < 4.78 is 5.96. The molecule has 2 fully saturated rings. The molecule has 21 heavy (non-hydrogen) atoms. The number of ether oxygens (including phenoxy) is 1. The lowest BCUT2D eigenvalue weighted by atomic mass is 9.67. The van der Waals surface area contributed by atoms with E-state index >= 15 is 0 Å². The summed E-state index contributed by atoms with van der Waals surface area (Å²) >= 11 is 0. The minimum Gasteiger partial charge on any atom is -0.493 e. The molecule has 1 aliphatic carbocycles. The van der Waals surface area contributed by atoms with Gasteiger partial charge < -0.3 is 15.6 Å². The van der Waals surface area contributed by atoms with E-state index in [2.05, 4.69) is 11.0 Å². The lowest BCUT2D eigenvalue weighted by Gasteiger charge is -2.47. The molecule has 1 aromatic carbocycles. The lowest BCUT2D eigenvalue weighted by molar-refractivity contribution is -0.0984. The van der Waals surface area contributed by atoms with Crippen LogP contribution in [-0.4, -0.2) is 47.9 Å². The highest BCUT2D eigenvalue weighted by atomic mass is 16.5. The summed E-state index contributed by atoms with van der Waals surface area (Å²) in [6.07, 6.45) is 4.19. The Morgan fingerprint density at radius 1 is 1.33 bits per heavy atom. The van der Waals surface area contributed by atoms with Crippen molar-refractivity contribution < 1.29 is 9.84 Å². The zero-order chi connectivity index (χ0) is 14.5. The van der Waals surface area contributed by atoms with Crippen LogP contribution in [0.25, 0.3) is 0 Å². The van der Waals surface area contributed by atoms with Gasteiger partial charge in [0.25, 0.3) is 0 Å². The summed E-state index contributed by atoms with van der Waals surface area (Å²) in [6, 6.07) is 8.82. The predicted octanol–water partition coefficient (Wildman–Crippen LogP) is 1.17.